The lowest BCUT2D eigenvalue weighted by Crippen LogP contribution is -2.23. The molecule has 3 N–H and O–H groups in total. The van der Waals surface area contributed by atoms with Gasteiger partial charge in [0.15, 0.2) is 0 Å². The Bertz CT molecular complexity index is 963. The molecule has 3 aromatic rings. The maximum absolute atomic E-state index is 11.2. The van der Waals surface area contributed by atoms with Gasteiger partial charge in [0.2, 0.25) is 5.91 Å². The van der Waals surface area contributed by atoms with Crippen molar-refractivity contribution in [1.29, 1.82) is 0 Å². The Morgan fingerprint density at radius 3 is 3.04 bits per heavy atom. The van der Waals surface area contributed by atoms with Crippen molar-refractivity contribution < 1.29 is 9.53 Å². The summed E-state index contributed by atoms with van der Waals surface area (Å²) < 4.78 is 5.92. The van der Waals surface area contributed by atoms with Crippen molar-refractivity contribution in [3.8, 4) is 21.5 Å². The standard InChI is InChI=1S/C20H23N5O2S/c1-12(23-13(2)26)17-9-18(25-24-17)19-11-22-20(28-19)27-16-5-3-4-15(8-16)21-10-14-6-7-14/h3-5,8-9,11-12,14,21H,6-7,10H2,1-2H3,(H,23,26)(H,24,25). The highest BCUT2D eigenvalue weighted by molar-refractivity contribution is 7.16. The number of nitrogens with one attached hydrogen (secondary N) is 3. The second kappa shape index (κ2) is 8.02. The van der Waals surface area contributed by atoms with Gasteiger partial charge >= 0.3 is 0 Å². The zero-order valence-corrected chi connectivity index (χ0v) is 16.7. The smallest absolute Gasteiger partial charge is 0.279 e. The van der Waals surface area contributed by atoms with Crippen molar-refractivity contribution >= 4 is 22.9 Å². The molecule has 1 unspecified atom stereocenters. The summed E-state index contributed by atoms with van der Waals surface area (Å²) in [7, 11) is 0. The van der Waals surface area contributed by atoms with Gasteiger partial charge in [0.05, 0.1) is 22.8 Å². The van der Waals surface area contributed by atoms with Gasteiger partial charge in [-0.3, -0.25) is 9.89 Å². The summed E-state index contributed by atoms with van der Waals surface area (Å²) in [5.41, 5.74) is 2.68. The third kappa shape index (κ3) is 4.69. The van der Waals surface area contributed by atoms with Gasteiger partial charge in [-0.25, -0.2) is 4.98 Å². The first kappa shape index (κ1) is 18.5. The average molecular weight is 398 g/mol. The Kier molecular flexibility index (Phi) is 5.29. The van der Waals surface area contributed by atoms with Crippen LogP contribution in [0, 0.1) is 5.92 Å². The molecule has 2 heterocycles. The highest BCUT2D eigenvalue weighted by Crippen LogP contribution is 2.34. The van der Waals surface area contributed by atoms with E-state index in [4.69, 9.17) is 4.74 Å². The monoisotopic (exact) mass is 397 g/mol. The summed E-state index contributed by atoms with van der Waals surface area (Å²) in [6.07, 6.45) is 4.39. The highest BCUT2D eigenvalue weighted by Gasteiger charge is 2.20. The molecular formula is C20H23N5O2S. The molecule has 1 aliphatic rings. The normalized spacial score (nSPS) is 14.5. The van der Waals surface area contributed by atoms with Gasteiger partial charge in [0, 0.05) is 25.2 Å². The number of anilines is 1. The topological polar surface area (TPSA) is 91.9 Å². The fourth-order valence-electron chi connectivity index (χ4n) is 2.85. The molecule has 1 aromatic carbocycles. The fraction of sp³-hybridized carbons (Fsp3) is 0.350. The third-order valence-electron chi connectivity index (χ3n) is 4.55. The van der Waals surface area contributed by atoms with Crippen LogP contribution in [0.4, 0.5) is 5.69 Å². The highest BCUT2D eigenvalue weighted by atomic mass is 32.1. The van der Waals surface area contributed by atoms with Crippen LogP contribution in [0.15, 0.2) is 36.5 Å². The molecular weight excluding hydrogens is 374 g/mol. The van der Waals surface area contributed by atoms with Crippen molar-refractivity contribution in [2.24, 2.45) is 5.92 Å². The quantitative estimate of drug-likeness (QED) is 0.526. The predicted molar refractivity (Wildman–Crippen MR) is 110 cm³/mol. The number of hydrogen-bond acceptors (Lipinski definition) is 6. The van der Waals surface area contributed by atoms with Crippen molar-refractivity contribution in [3.05, 3.63) is 42.2 Å². The van der Waals surface area contributed by atoms with Crippen LogP contribution < -0.4 is 15.4 Å². The van der Waals surface area contributed by atoms with E-state index in [9.17, 15) is 4.79 Å². The number of aromatic amines is 1. The van der Waals surface area contributed by atoms with E-state index in [-0.39, 0.29) is 11.9 Å². The van der Waals surface area contributed by atoms with E-state index in [2.05, 4.69) is 25.8 Å². The number of ether oxygens (including phenoxy) is 1. The van der Waals surface area contributed by atoms with Gasteiger partial charge in [-0.05, 0) is 43.9 Å². The minimum atomic E-state index is -0.131. The largest absolute Gasteiger partial charge is 0.431 e. The van der Waals surface area contributed by atoms with Gasteiger partial charge in [0.25, 0.3) is 5.19 Å². The number of nitrogens with zero attached hydrogens (tertiary/aromatic N) is 2. The molecule has 1 amide bonds. The molecule has 1 atom stereocenters. The molecule has 1 saturated carbocycles. The van der Waals surface area contributed by atoms with E-state index in [0.29, 0.717) is 5.19 Å². The van der Waals surface area contributed by atoms with Crippen LogP contribution in [0.5, 0.6) is 10.9 Å². The first-order valence-electron chi connectivity index (χ1n) is 9.37. The number of carbonyl (C=O) groups is 1. The molecule has 28 heavy (non-hydrogen) atoms. The number of benzene rings is 1. The molecule has 0 radical (unpaired) electrons. The van der Waals surface area contributed by atoms with Crippen LogP contribution in [0.2, 0.25) is 0 Å². The van der Waals surface area contributed by atoms with Gasteiger partial charge in [-0.15, -0.1) is 0 Å². The van der Waals surface area contributed by atoms with E-state index >= 15 is 0 Å². The van der Waals surface area contributed by atoms with Crippen LogP contribution in [0.3, 0.4) is 0 Å². The third-order valence-corrected chi connectivity index (χ3v) is 5.45. The molecule has 146 valence electrons. The Hall–Kier alpha value is -2.87. The van der Waals surface area contributed by atoms with E-state index in [0.717, 1.165) is 40.2 Å². The zero-order chi connectivity index (χ0) is 19.5. The van der Waals surface area contributed by atoms with Crippen LogP contribution >= 0.6 is 11.3 Å². The molecule has 4 rings (SSSR count). The number of carbonyl (C=O) groups excluding carboxylic acids is 1. The second-order valence-corrected chi connectivity index (χ2v) is 8.07. The van der Waals surface area contributed by atoms with Crippen molar-refractivity contribution in [2.75, 3.05) is 11.9 Å². The first-order valence-corrected chi connectivity index (χ1v) is 10.2. The van der Waals surface area contributed by atoms with E-state index < -0.39 is 0 Å². The maximum atomic E-state index is 11.2. The Morgan fingerprint density at radius 2 is 2.25 bits per heavy atom. The Balaban J connectivity index is 1.41. The van der Waals surface area contributed by atoms with Crippen LogP contribution in [0.1, 0.15) is 38.4 Å². The minimum absolute atomic E-state index is 0.0778. The molecule has 7 nitrogen and oxygen atoms in total. The summed E-state index contributed by atoms with van der Waals surface area (Å²) in [4.78, 5) is 16.5. The lowest BCUT2D eigenvalue weighted by Gasteiger charge is -2.08. The van der Waals surface area contributed by atoms with Gasteiger partial charge < -0.3 is 15.4 Å². The fourth-order valence-corrected chi connectivity index (χ4v) is 3.59. The zero-order valence-electron chi connectivity index (χ0n) is 15.9. The number of aromatic nitrogens is 3. The number of rotatable bonds is 8. The predicted octanol–water partition coefficient (Wildman–Crippen LogP) is 4.34. The molecule has 0 spiro atoms. The van der Waals surface area contributed by atoms with Gasteiger partial charge in [-0.1, -0.05) is 17.4 Å². The number of thiazole rings is 1. The molecule has 2 aromatic heterocycles. The molecule has 0 saturated heterocycles. The van der Waals surface area contributed by atoms with E-state index in [1.165, 1.54) is 31.1 Å². The SMILES string of the molecule is CC(=O)NC(C)c1cc(-c2cnc(Oc3cccc(NCC4CC4)c3)s2)n[nH]1. The summed E-state index contributed by atoms with van der Waals surface area (Å²) in [6, 6.07) is 9.72. The summed E-state index contributed by atoms with van der Waals surface area (Å²) in [5, 5.41) is 14.1. The lowest BCUT2D eigenvalue weighted by molar-refractivity contribution is -0.119. The summed E-state index contributed by atoms with van der Waals surface area (Å²) in [6.45, 7) is 4.42. The van der Waals surface area contributed by atoms with Crippen molar-refractivity contribution in [1.82, 2.24) is 20.5 Å². The number of H-pyrrole nitrogens is 1. The van der Waals surface area contributed by atoms with E-state index in [1.54, 1.807) is 6.20 Å². The van der Waals surface area contributed by atoms with Crippen LogP contribution in [-0.4, -0.2) is 27.6 Å². The summed E-state index contributed by atoms with van der Waals surface area (Å²) >= 11 is 1.43. The number of hydrogen-bond donors (Lipinski definition) is 3. The summed E-state index contributed by atoms with van der Waals surface area (Å²) in [5.74, 6) is 1.49. The molecule has 1 aliphatic carbocycles. The average Bonchev–Trinajstić information content (AvgIpc) is 3.15. The van der Waals surface area contributed by atoms with Crippen molar-refractivity contribution in [3.63, 3.8) is 0 Å². The molecule has 0 aliphatic heterocycles. The first-order chi connectivity index (χ1) is 13.6. The second-order valence-electron chi connectivity index (χ2n) is 7.08. The Morgan fingerprint density at radius 1 is 1.39 bits per heavy atom. The number of amides is 1. The lowest BCUT2D eigenvalue weighted by atomic mass is 10.2. The molecule has 0 bridgehead atoms. The van der Waals surface area contributed by atoms with E-state index in [1.807, 2.05) is 37.3 Å². The van der Waals surface area contributed by atoms with Gasteiger partial charge in [0.1, 0.15) is 11.4 Å². The molecule has 8 heteroatoms. The van der Waals surface area contributed by atoms with Crippen LogP contribution in [-0.2, 0) is 4.79 Å². The van der Waals surface area contributed by atoms with Gasteiger partial charge in [-0.2, -0.15) is 5.10 Å². The minimum Gasteiger partial charge on any atom is -0.431 e. The molecule has 1 fully saturated rings. The van der Waals surface area contributed by atoms with Crippen LogP contribution in [0.25, 0.3) is 10.6 Å². The Labute approximate surface area is 167 Å². The maximum Gasteiger partial charge on any atom is 0.279 e. The van der Waals surface area contributed by atoms with Crippen molar-refractivity contribution in [2.45, 2.75) is 32.7 Å².